The lowest BCUT2D eigenvalue weighted by Gasteiger charge is -2.36. The van der Waals surface area contributed by atoms with Crippen LogP contribution in [0.5, 0.6) is 0 Å². The van der Waals surface area contributed by atoms with Gasteiger partial charge in [0.25, 0.3) is 5.56 Å². The van der Waals surface area contributed by atoms with Crippen molar-refractivity contribution >= 4 is 0 Å². The quantitative estimate of drug-likeness (QED) is 0.157. The molecule has 0 bridgehead atoms. The van der Waals surface area contributed by atoms with Gasteiger partial charge in [0.05, 0.1) is 12.3 Å². The highest BCUT2D eigenvalue weighted by molar-refractivity contribution is 5.47. The summed E-state index contributed by atoms with van der Waals surface area (Å²) in [6, 6.07) is 29.7. The Morgan fingerprint density at radius 3 is 1.97 bits per heavy atom. The Hall–Kier alpha value is -4.69. The zero-order valence-corrected chi connectivity index (χ0v) is 20.6. The van der Waals surface area contributed by atoms with Gasteiger partial charge >= 0.3 is 5.69 Å². The predicted octanol–water partition coefficient (Wildman–Crippen LogP) is 4.95. The highest BCUT2D eigenvalue weighted by atomic mass is 16.6. The summed E-state index contributed by atoms with van der Waals surface area (Å²) in [6.45, 7) is 1.66. The molecule has 9 heteroatoms. The van der Waals surface area contributed by atoms with Gasteiger partial charge in [-0.1, -0.05) is 96.1 Å². The highest BCUT2D eigenvalue weighted by Gasteiger charge is 2.39. The summed E-state index contributed by atoms with van der Waals surface area (Å²) < 4.78 is 14.2. The number of nitrogens with zero attached hydrogens (tertiary/aromatic N) is 4. The van der Waals surface area contributed by atoms with Crippen molar-refractivity contribution in [2.24, 2.45) is 5.11 Å². The highest BCUT2D eigenvalue weighted by Crippen LogP contribution is 2.41. The van der Waals surface area contributed by atoms with E-state index in [0.717, 1.165) is 16.7 Å². The predicted molar refractivity (Wildman–Crippen MR) is 142 cm³/mol. The van der Waals surface area contributed by atoms with E-state index < -0.39 is 29.2 Å². The molecule has 0 saturated carbocycles. The maximum absolute atomic E-state index is 12.5. The topological polar surface area (TPSA) is 122 Å². The van der Waals surface area contributed by atoms with E-state index in [0.29, 0.717) is 5.56 Å². The summed E-state index contributed by atoms with van der Waals surface area (Å²) >= 11 is 0. The minimum absolute atomic E-state index is 0.0801. The first kappa shape index (κ1) is 25.0. The summed E-state index contributed by atoms with van der Waals surface area (Å²) in [5.41, 5.74) is 10.3. The van der Waals surface area contributed by atoms with Crippen LogP contribution in [0.15, 0.2) is 124 Å². The summed E-state index contributed by atoms with van der Waals surface area (Å²) in [6.07, 6.45) is 1.37. The standard InChI is InChI=1S/C29H25N5O4/c1-20-18-34(28(36)31-26(20)35)27-25(32-33-30)17-24(38-27)19-37-29(21-11-5-2-6-12-21,22-13-7-3-8-14-22)23-15-9-4-10-16-23/h2-18,24,27H,19H2,1H3,(H,31,35,36)/t24-,27+/m0/s1. The first-order valence-corrected chi connectivity index (χ1v) is 12.1. The van der Waals surface area contributed by atoms with Gasteiger partial charge in [-0.15, -0.1) is 0 Å². The van der Waals surface area contributed by atoms with Gasteiger partial charge in [0.1, 0.15) is 11.7 Å². The molecule has 9 nitrogen and oxygen atoms in total. The third kappa shape index (κ3) is 4.69. The molecular weight excluding hydrogens is 482 g/mol. The molecule has 190 valence electrons. The minimum atomic E-state index is -1.01. The molecule has 38 heavy (non-hydrogen) atoms. The van der Waals surface area contributed by atoms with Gasteiger partial charge in [0, 0.05) is 16.7 Å². The molecule has 1 N–H and O–H groups in total. The Morgan fingerprint density at radius 2 is 1.47 bits per heavy atom. The zero-order chi connectivity index (χ0) is 26.5. The zero-order valence-electron chi connectivity index (χ0n) is 20.6. The van der Waals surface area contributed by atoms with Crippen LogP contribution in [-0.2, 0) is 15.1 Å². The molecular formula is C29H25N5O4. The summed E-state index contributed by atoms with van der Waals surface area (Å²) in [5.74, 6) is 0. The van der Waals surface area contributed by atoms with E-state index in [-0.39, 0.29) is 12.3 Å². The summed E-state index contributed by atoms with van der Waals surface area (Å²) in [7, 11) is 0. The molecule has 0 amide bonds. The molecule has 2 heterocycles. The molecule has 2 atom stereocenters. The van der Waals surface area contributed by atoms with E-state index >= 15 is 0 Å². The number of H-pyrrole nitrogens is 1. The molecule has 0 unspecified atom stereocenters. The number of aromatic amines is 1. The number of azide groups is 1. The van der Waals surface area contributed by atoms with Gasteiger partial charge in [0.2, 0.25) is 0 Å². The lowest BCUT2D eigenvalue weighted by Crippen LogP contribution is -2.36. The van der Waals surface area contributed by atoms with E-state index in [2.05, 4.69) is 15.0 Å². The van der Waals surface area contributed by atoms with Crippen LogP contribution < -0.4 is 11.2 Å². The first-order chi connectivity index (χ1) is 18.5. The van der Waals surface area contributed by atoms with E-state index in [4.69, 9.17) is 15.0 Å². The Labute approximate surface area is 218 Å². The minimum Gasteiger partial charge on any atom is -0.358 e. The maximum Gasteiger partial charge on any atom is 0.330 e. The molecule has 0 radical (unpaired) electrons. The number of ether oxygens (including phenoxy) is 2. The number of benzene rings is 3. The second kappa shape index (κ2) is 10.7. The number of aromatic nitrogens is 2. The van der Waals surface area contributed by atoms with Crippen molar-refractivity contribution in [1.82, 2.24) is 9.55 Å². The van der Waals surface area contributed by atoms with Crippen molar-refractivity contribution in [3.8, 4) is 0 Å². The Morgan fingerprint density at radius 1 is 0.947 bits per heavy atom. The molecule has 4 aromatic rings. The molecule has 0 fully saturated rings. The number of hydrogen-bond donors (Lipinski definition) is 1. The fourth-order valence-electron chi connectivity index (χ4n) is 4.71. The average Bonchev–Trinajstić information content (AvgIpc) is 3.35. The maximum atomic E-state index is 12.5. The molecule has 1 aliphatic rings. The van der Waals surface area contributed by atoms with Gasteiger partial charge in [-0.05, 0) is 35.2 Å². The lowest BCUT2D eigenvalue weighted by atomic mass is 9.80. The normalized spacial score (nSPS) is 17.0. The van der Waals surface area contributed by atoms with Crippen LogP contribution in [0.1, 0.15) is 28.5 Å². The fourth-order valence-corrected chi connectivity index (χ4v) is 4.71. The fraction of sp³-hybridized carbons (Fsp3) is 0.172. The van der Waals surface area contributed by atoms with Gasteiger partial charge in [-0.2, -0.15) is 0 Å². The number of aryl methyl sites for hydroxylation is 1. The van der Waals surface area contributed by atoms with E-state index in [9.17, 15) is 9.59 Å². The van der Waals surface area contributed by atoms with Crippen molar-refractivity contribution in [1.29, 1.82) is 0 Å². The molecule has 0 aliphatic carbocycles. The third-order valence-electron chi connectivity index (χ3n) is 6.48. The van der Waals surface area contributed by atoms with Gasteiger partial charge in [-0.25, -0.2) is 4.79 Å². The largest absolute Gasteiger partial charge is 0.358 e. The molecule has 1 aromatic heterocycles. The van der Waals surface area contributed by atoms with Gasteiger partial charge < -0.3 is 9.47 Å². The third-order valence-corrected chi connectivity index (χ3v) is 6.48. The van der Waals surface area contributed by atoms with Crippen LogP contribution in [0.4, 0.5) is 0 Å². The second-order valence-electron chi connectivity index (χ2n) is 8.88. The second-order valence-corrected chi connectivity index (χ2v) is 8.88. The van der Waals surface area contributed by atoms with Crippen LogP contribution in [0.3, 0.4) is 0 Å². The smallest absolute Gasteiger partial charge is 0.330 e. The van der Waals surface area contributed by atoms with Crippen molar-refractivity contribution in [3.63, 3.8) is 0 Å². The van der Waals surface area contributed by atoms with Crippen LogP contribution in [0, 0.1) is 6.92 Å². The Balaban J connectivity index is 1.55. The first-order valence-electron chi connectivity index (χ1n) is 12.1. The van der Waals surface area contributed by atoms with E-state index in [1.807, 2.05) is 91.0 Å². The van der Waals surface area contributed by atoms with Crippen LogP contribution in [0.2, 0.25) is 0 Å². The molecule has 1 aliphatic heterocycles. The SMILES string of the molecule is Cc1cn([C@@H]2O[C@H](COC(c3ccccc3)(c3ccccc3)c3ccccc3)C=C2N=[N+]=[N-])c(=O)[nH]c1=O. The van der Waals surface area contributed by atoms with Crippen molar-refractivity contribution in [2.75, 3.05) is 6.61 Å². The molecule has 3 aromatic carbocycles. The Bertz CT molecular complexity index is 1510. The number of rotatable bonds is 8. The number of hydrogen-bond acceptors (Lipinski definition) is 5. The lowest BCUT2D eigenvalue weighted by molar-refractivity contribution is -0.0704. The Kier molecular flexibility index (Phi) is 7.06. The summed E-state index contributed by atoms with van der Waals surface area (Å²) in [4.78, 5) is 29.6. The molecule has 0 saturated heterocycles. The monoisotopic (exact) mass is 507 g/mol. The van der Waals surface area contributed by atoms with Crippen molar-refractivity contribution in [3.05, 3.63) is 163 Å². The average molecular weight is 508 g/mol. The van der Waals surface area contributed by atoms with Crippen LogP contribution in [0.25, 0.3) is 10.4 Å². The molecule has 5 rings (SSSR count). The summed E-state index contributed by atoms with van der Waals surface area (Å²) in [5, 5.41) is 3.75. The van der Waals surface area contributed by atoms with Crippen molar-refractivity contribution < 1.29 is 9.47 Å². The molecule has 0 spiro atoms. The van der Waals surface area contributed by atoms with E-state index in [1.54, 1.807) is 13.0 Å². The van der Waals surface area contributed by atoms with E-state index in [1.165, 1.54) is 10.8 Å². The van der Waals surface area contributed by atoms with Crippen molar-refractivity contribution in [2.45, 2.75) is 24.9 Å². The van der Waals surface area contributed by atoms with Crippen LogP contribution >= 0.6 is 0 Å². The number of nitrogens with one attached hydrogen (secondary N) is 1. The van der Waals surface area contributed by atoms with Gasteiger partial charge in [-0.3, -0.25) is 14.3 Å². The van der Waals surface area contributed by atoms with Gasteiger partial charge in [0.15, 0.2) is 6.23 Å². The van der Waals surface area contributed by atoms with Crippen LogP contribution in [-0.4, -0.2) is 22.3 Å².